The van der Waals surface area contributed by atoms with Gasteiger partial charge in [-0.05, 0) is 50.1 Å². The zero-order chi connectivity index (χ0) is 21.8. The number of likely N-dealkylation sites (tertiary alicyclic amines) is 1. The zero-order valence-electron chi connectivity index (χ0n) is 18.3. The van der Waals surface area contributed by atoms with E-state index in [4.69, 9.17) is 10.5 Å². The van der Waals surface area contributed by atoms with E-state index in [0.717, 1.165) is 60.6 Å². The molecule has 0 radical (unpaired) electrons. The number of hydrogen-bond donors (Lipinski definition) is 2. The second-order valence-corrected chi connectivity index (χ2v) is 8.84. The monoisotopic (exact) mass is 432 g/mol. The Bertz CT molecular complexity index is 1200. The molecular formula is C24H28N6O2. The number of fused-ring (bicyclic) bond motifs is 1. The summed E-state index contributed by atoms with van der Waals surface area (Å²) in [4.78, 5) is 22.1. The quantitative estimate of drug-likeness (QED) is 0.662. The number of carbonyl (C=O) groups is 1. The lowest BCUT2D eigenvalue weighted by atomic mass is 10.0. The topological polar surface area (TPSA) is 88.7 Å². The molecule has 3 N–H and O–H groups in total. The summed E-state index contributed by atoms with van der Waals surface area (Å²) in [5, 5.41) is 4.81. The number of piperidine rings is 1. The number of hydrogen-bond acceptors (Lipinski definition) is 6. The van der Waals surface area contributed by atoms with Crippen molar-refractivity contribution in [2.45, 2.75) is 38.5 Å². The average Bonchev–Trinajstić information content (AvgIpc) is 3.37. The number of aryl methyl sites for hydroxylation is 1. The standard InChI is InChI=1S/C24H28N6O2/c1-2-29-19(12-15-5-3-7-26-22(15)29)23-27-18-11-16(13-20-21(18)30(23)9-10-32-20)24(31)28-8-4-6-17(25)14-28/h3,5,7,11-13,17,23,27H,2,4,6,8-10,14,25H2,1H3/t17?,23-/m1/s1. The molecule has 3 aliphatic rings. The number of ether oxygens (including phenoxy) is 1. The third kappa shape index (κ3) is 2.93. The van der Waals surface area contributed by atoms with Gasteiger partial charge in [-0.2, -0.15) is 0 Å². The summed E-state index contributed by atoms with van der Waals surface area (Å²) >= 11 is 0. The summed E-state index contributed by atoms with van der Waals surface area (Å²) in [5.41, 5.74) is 10.9. The van der Waals surface area contributed by atoms with Gasteiger partial charge in [0.15, 0.2) is 0 Å². The molecule has 166 valence electrons. The van der Waals surface area contributed by atoms with Crippen molar-refractivity contribution >= 4 is 28.3 Å². The van der Waals surface area contributed by atoms with Gasteiger partial charge in [-0.1, -0.05) is 0 Å². The maximum absolute atomic E-state index is 13.2. The van der Waals surface area contributed by atoms with Gasteiger partial charge in [0.1, 0.15) is 29.9 Å². The molecule has 5 heterocycles. The number of rotatable bonds is 3. The van der Waals surface area contributed by atoms with Crippen molar-refractivity contribution in [3.8, 4) is 5.75 Å². The predicted molar refractivity (Wildman–Crippen MR) is 124 cm³/mol. The molecule has 3 aromatic rings. The molecule has 1 amide bonds. The fourth-order valence-corrected chi connectivity index (χ4v) is 5.37. The summed E-state index contributed by atoms with van der Waals surface area (Å²) in [6.07, 6.45) is 3.73. The molecule has 8 nitrogen and oxygen atoms in total. The Kier molecular flexibility index (Phi) is 4.50. The minimum Gasteiger partial charge on any atom is -0.489 e. The van der Waals surface area contributed by atoms with E-state index in [1.165, 1.54) is 5.69 Å². The first kappa shape index (κ1) is 19.4. The second-order valence-electron chi connectivity index (χ2n) is 8.84. The predicted octanol–water partition coefficient (Wildman–Crippen LogP) is 2.94. The lowest BCUT2D eigenvalue weighted by Gasteiger charge is -2.32. The first-order chi connectivity index (χ1) is 15.6. The molecule has 0 saturated carbocycles. The molecule has 0 spiro atoms. The highest BCUT2D eigenvalue weighted by Gasteiger charge is 2.38. The second kappa shape index (κ2) is 7.41. The van der Waals surface area contributed by atoms with Crippen LogP contribution in [0.15, 0.2) is 36.5 Å². The number of aromatic nitrogens is 2. The highest BCUT2D eigenvalue weighted by Crippen LogP contribution is 2.49. The van der Waals surface area contributed by atoms with Crippen LogP contribution in [0.5, 0.6) is 5.75 Å². The number of amides is 1. The van der Waals surface area contributed by atoms with Gasteiger partial charge in [-0.3, -0.25) is 4.79 Å². The number of nitrogens with zero attached hydrogens (tertiary/aromatic N) is 4. The molecule has 3 aliphatic heterocycles. The number of nitrogens with two attached hydrogens (primary N) is 1. The number of benzene rings is 1. The Morgan fingerprint density at radius 2 is 2.22 bits per heavy atom. The van der Waals surface area contributed by atoms with Gasteiger partial charge in [0.25, 0.3) is 5.91 Å². The lowest BCUT2D eigenvalue weighted by molar-refractivity contribution is 0.0708. The van der Waals surface area contributed by atoms with Gasteiger partial charge in [0, 0.05) is 42.8 Å². The molecule has 0 bridgehead atoms. The maximum Gasteiger partial charge on any atom is 0.254 e. The Morgan fingerprint density at radius 3 is 3.06 bits per heavy atom. The van der Waals surface area contributed by atoms with Crippen molar-refractivity contribution in [1.82, 2.24) is 14.5 Å². The van der Waals surface area contributed by atoms with E-state index in [2.05, 4.69) is 38.8 Å². The first-order valence-electron chi connectivity index (χ1n) is 11.5. The summed E-state index contributed by atoms with van der Waals surface area (Å²) in [7, 11) is 0. The normalized spacial score (nSPS) is 21.9. The van der Waals surface area contributed by atoms with Crippen LogP contribution in [-0.2, 0) is 6.54 Å². The van der Waals surface area contributed by atoms with E-state index < -0.39 is 0 Å². The molecule has 6 rings (SSSR count). The van der Waals surface area contributed by atoms with Crippen molar-refractivity contribution < 1.29 is 9.53 Å². The van der Waals surface area contributed by atoms with Crippen LogP contribution in [0.1, 0.15) is 42.0 Å². The maximum atomic E-state index is 13.2. The van der Waals surface area contributed by atoms with E-state index in [-0.39, 0.29) is 18.1 Å². The highest BCUT2D eigenvalue weighted by molar-refractivity contribution is 5.99. The van der Waals surface area contributed by atoms with Crippen LogP contribution in [0.3, 0.4) is 0 Å². The minimum atomic E-state index is -0.0319. The zero-order valence-corrected chi connectivity index (χ0v) is 18.3. The number of anilines is 2. The third-order valence-electron chi connectivity index (χ3n) is 6.83. The van der Waals surface area contributed by atoms with Crippen LogP contribution in [0.25, 0.3) is 11.0 Å². The van der Waals surface area contributed by atoms with Gasteiger partial charge >= 0.3 is 0 Å². The van der Waals surface area contributed by atoms with E-state index in [0.29, 0.717) is 18.7 Å². The van der Waals surface area contributed by atoms with Crippen molar-refractivity contribution in [2.24, 2.45) is 5.73 Å². The average molecular weight is 433 g/mol. The van der Waals surface area contributed by atoms with Crippen LogP contribution in [0.4, 0.5) is 11.4 Å². The van der Waals surface area contributed by atoms with Crippen molar-refractivity contribution in [3.63, 3.8) is 0 Å². The SMILES string of the molecule is CCn1c([C@@H]2Nc3cc(C(=O)N4CCCC(N)C4)cc4c3N2CCO4)cc2cccnc21. The Hall–Kier alpha value is -3.26. The first-order valence-corrected chi connectivity index (χ1v) is 11.5. The molecule has 2 atom stereocenters. The van der Waals surface area contributed by atoms with E-state index in [9.17, 15) is 4.79 Å². The summed E-state index contributed by atoms with van der Waals surface area (Å²) in [6.45, 7) is 5.71. The largest absolute Gasteiger partial charge is 0.489 e. The lowest BCUT2D eigenvalue weighted by Crippen LogP contribution is -2.45. The summed E-state index contributed by atoms with van der Waals surface area (Å²) < 4.78 is 8.28. The van der Waals surface area contributed by atoms with Gasteiger partial charge in [0.05, 0.1) is 17.9 Å². The van der Waals surface area contributed by atoms with Crippen molar-refractivity contribution in [2.75, 3.05) is 36.5 Å². The van der Waals surface area contributed by atoms with Crippen LogP contribution < -0.4 is 20.7 Å². The van der Waals surface area contributed by atoms with E-state index >= 15 is 0 Å². The number of carbonyl (C=O) groups excluding carboxylic acids is 1. The van der Waals surface area contributed by atoms with Gasteiger partial charge in [-0.25, -0.2) is 4.98 Å². The molecule has 1 saturated heterocycles. The van der Waals surface area contributed by atoms with E-state index in [1.54, 1.807) is 0 Å². The Labute approximate surface area is 186 Å². The molecule has 2 aromatic heterocycles. The Balaban J connectivity index is 1.39. The van der Waals surface area contributed by atoms with Crippen LogP contribution in [0, 0.1) is 0 Å². The van der Waals surface area contributed by atoms with Crippen LogP contribution in [-0.4, -0.2) is 52.6 Å². The van der Waals surface area contributed by atoms with Crippen molar-refractivity contribution in [1.29, 1.82) is 0 Å². The molecular weight excluding hydrogens is 404 g/mol. The summed E-state index contributed by atoms with van der Waals surface area (Å²) in [6, 6.07) is 10.2. The summed E-state index contributed by atoms with van der Waals surface area (Å²) in [5.74, 6) is 0.794. The molecule has 1 fully saturated rings. The molecule has 1 aromatic carbocycles. The molecule has 1 unspecified atom stereocenters. The van der Waals surface area contributed by atoms with Gasteiger partial charge < -0.3 is 30.2 Å². The van der Waals surface area contributed by atoms with Crippen LogP contribution in [0.2, 0.25) is 0 Å². The third-order valence-corrected chi connectivity index (χ3v) is 6.83. The molecule has 0 aliphatic carbocycles. The molecule has 32 heavy (non-hydrogen) atoms. The molecule has 8 heteroatoms. The number of nitrogens with one attached hydrogen (secondary N) is 1. The fourth-order valence-electron chi connectivity index (χ4n) is 5.37. The number of pyridine rings is 1. The minimum absolute atomic E-state index is 0.0250. The smallest absolute Gasteiger partial charge is 0.254 e. The Morgan fingerprint density at radius 1 is 1.31 bits per heavy atom. The van der Waals surface area contributed by atoms with Gasteiger partial charge in [-0.15, -0.1) is 0 Å². The highest BCUT2D eigenvalue weighted by atomic mass is 16.5. The van der Waals surface area contributed by atoms with Crippen molar-refractivity contribution in [3.05, 3.63) is 47.8 Å². The fraction of sp³-hybridized carbons (Fsp3) is 0.417. The van der Waals surface area contributed by atoms with Crippen LogP contribution >= 0.6 is 0 Å². The van der Waals surface area contributed by atoms with Gasteiger partial charge in [0.2, 0.25) is 0 Å². The van der Waals surface area contributed by atoms with E-state index in [1.807, 2.05) is 29.3 Å².